The van der Waals surface area contributed by atoms with E-state index < -0.39 is 35.2 Å². The van der Waals surface area contributed by atoms with E-state index in [1.807, 2.05) is 27.7 Å². The normalized spacial score (nSPS) is 13.3. The molecule has 0 radical (unpaired) electrons. The van der Waals surface area contributed by atoms with Crippen molar-refractivity contribution in [1.82, 2.24) is 15.5 Å². The molecule has 1 rings (SSSR count). The number of amides is 3. The van der Waals surface area contributed by atoms with Crippen LogP contribution in [-0.2, 0) is 14.3 Å². The van der Waals surface area contributed by atoms with Crippen LogP contribution in [0.2, 0.25) is 0 Å². The van der Waals surface area contributed by atoms with Gasteiger partial charge in [-0.25, -0.2) is 4.79 Å². The number of ether oxygens (including phenoxy) is 1. The summed E-state index contributed by atoms with van der Waals surface area (Å²) >= 11 is 0. The molecule has 2 unspecified atom stereocenters. The van der Waals surface area contributed by atoms with Gasteiger partial charge in [-0.05, 0) is 66.5 Å². The van der Waals surface area contributed by atoms with E-state index in [1.165, 1.54) is 4.90 Å². The summed E-state index contributed by atoms with van der Waals surface area (Å²) in [4.78, 5) is 40.8. The molecule has 0 aliphatic carbocycles. The Morgan fingerprint density at radius 1 is 1.12 bits per heavy atom. The fourth-order valence-electron chi connectivity index (χ4n) is 3.25. The molecule has 0 saturated carbocycles. The van der Waals surface area contributed by atoms with Crippen LogP contribution in [0.3, 0.4) is 0 Å². The summed E-state index contributed by atoms with van der Waals surface area (Å²) < 4.78 is 5.29. The molecule has 0 aromatic heterocycles. The van der Waals surface area contributed by atoms with Gasteiger partial charge in [0.1, 0.15) is 17.7 Å². The maximum absolute atomic E-state index is 13.6. The number of benzene rings is 1. The number of hydrogen-bond donors (Lipinski definition) is 2. The first-order chi connectivity index (χ1) is 15.2. The Balaban J connectivity index is 3.42. The first-order valence-electron chi connectivity index (χ1n) is 11.4. The molecule has 2 atom stereocenters. The number of carbonyl (C=O) groups is 3. The second kappa shape index (κ2) is 11.7. The van der Waals surface area contributed by atoms with Crippen molar-refractivity contribution in [2.24, 2.45) is 0 Å². The van der Waals surface area contributed by atoms with Gasteiger partial charge in [-0.1, -0.05) is 37.5 Å². The molecule has 1 aromatic carbocycles. The van der Waals surface area contributed by atoms with Crippen molar-refractivity contribution < 1.29 is 19.1 Å². The Morgan fingerprint density at radius 3 is 2.24 bits per heavy atom. The number of unbranched alkanes of at least 4 members (excludes halogenated alkanes) is 1. The van der Waals surface area contributed by atoms with Gasteiger partial charge in [0.15, 0.2) is 0 Å². The molecule has 2 N–H and O–H groups in total. The van der Waals surface area contributed by atoms with E-state index in [-0.39, 0.29) is 5.91 Å². The number of carbonyl (C=O) groups excluding carboxylic acids is 3. The first kappa shape index (κ1) is 28.0. The van der Waals surface area contributed by atoms with Gasteiger partial charge >= 0.3 is 6.09 Å². The number of nitrogens with one attached hydrogen (secondary N) is 2. The average molecular weight is 458 g/mol. The van der Waals surface area contributed by atoms with E-state index in [1.54, 1.807) is 52.0 Å². The minimum absolute atomic E-state index is 0.330. The Kier molecular flexibility index (Phi) is 9.97. The molecular weight excluding hydrogens is 418 g/mol. The van der Waals surface area contributed by atoms with Gasteiger partial charge in [0.25, 0.3) is 0 Å². The number of nitrogens with zero attached hydrogens (tertiary/aromatic N) is 1. The second-order valence-corrected chi connectivity index (χ2v) is 10.1. The van der Waals surface area contributed by atoms with Crippen LogP contribution in [0.4, 0.5) is 4.79 Å². The van der Waals surface area contributed by atoms with Crippen molar-refractivity contribution in [2.75, 3.05) is 6.54 Å². The van der Waals surface area contributed by atoms with Crippen molar-refractivity contribution in [3.8, 4) is 12.3 Å². The highest BCUT2D eigenvalue weighted by Gasteiger charge is 2.36. The van der Waals surface area contributed by atoms with Crippen LogP contribution in [0, 0.1) is 12.3 Å². The lowest BCUT2D eigenvalue weighted by atomic mass is 9.96. The number of alkyl carbamates (subject to hydrolysis) is 1. The first-order valence-corrected chi connectivity index (χ1v) is 11.4. The van der Waals surface area contributed by atoms with Crippen molar-refractivity contribution in [3.63, 3.8) is 0 Å². The quantitative estimate of drug-likeness (QED) is 0.574. The highest BCUT2D eigenvalue weighted by Crippen LogP contribution is 2.27. The van der Waals surface area contributed by atoms with Crippen LogP contribution >= 0.6 is 0 Å². The Morgan fingerprint density at radius 2 is 1.73 bits per heavy atom. The Hall–Kier alpha value is -3.01. The fraction of sp³-hybridized carbons (Fsp3) is 0.577. The molecule has 3 amide bonds. The largest absolute Gasteiger partial charge is 0.444 e. The van der Waals surface area contributed by atoms with Crippen LogP contribution in [0.1, 0.15) is 85.4 Å². The van der Waals surface area contributed by atoms with E-state index >= 15 is 0 Å². The van der Waals surface area contributed by atoms with E-state index in [4.69, 9.17) is 11.2 Å². The molecule has 33 heavy (non-hydrogen) atoms. The zero-order valence-corrected chi connectivity index (χ0v) is 21.2. The monoisotopic (exact) mass is 457 g/mol. The third kappa shape index (κ3) is 9.17. The molecule has 1 aromatic rings. The maximum atomic E-state index is 13.6. The zero-order chi connectivity index (χ0) is 25.4. The Bertz CT molecular complexity index is 875. The average Bonchev–Trinajstić information content (AvgIpc) is 2.67. The second-order valence-electron chi connectivity index (χ2n) is 10.1. The molecule has 0 aliphatic rings. The highest BCUT2D eigenvalue weighted by atomic mass is 16.6. The highest BCUT2D eigenvalue weighted by molar-refractivity contribution is 5.92. The molecule has 0 heterocycles. The van der Waals surface area contributed by atoms with Gasteiger partial charge in [-0.3, -0.25) is 9.59 Å². The minimum Gasteiger partial charge on any atom is -0.444 e. The number of rotatable bonds is 8. The topological polar surface area (TPSA) is 87.7 Å². The van der Waals surface area contributed by atoms with Gasteiger partial charge in [0, 0.05) is 17.6 Å². The smallest absolute Gasteiger partial charge is 0.408 e. The summed E-state index contributed by atoms with van der Waals surface area (Å²) in [5.41, 5.74) is -0.111. The molecule has 0 spiro atoms. The lowest BCUT2D eigenvalue weighted by Gasteiger charge is -2.35. The van der Waals surface area contributed by atoms with E-state index in [0.717, 1.165) is 6.42 Å². The summed E-state index contributed by atoms with van der Waals surface area (Å²) in [6.07, 6.45) is 6.53. The summed E-state index contributed by atoms with van der Waals surface area (Å²) in [5.74, 6) is 1.90. The maximum Gasteiger partial charge on any atom is 0.408 e. The number of hydrogen-bond acceptors (Lipinski definition) is 4. The summed E-state index contributed by atoms with van der Waals surface area (Å²) in [5, 5.41) is 5.57. The molecular formula is C26H39N3O4. The molecule has 0 aliphatic heterocycles. The Labute approximate surface area is 198 Å². The van der Waals surface area contributed by atoms with Gasteiger partial charge in [0.2, 0.25) is 11.8 Å². The number of terminal acetylenes is 1. The third-order valence-corrected chi connectivity index (χ3v) is 4.61. The SMILES string of the molecule is C#Cc1ccccc1C(C(=O)NC(C)(C)C)N(CCCC)C(=O)C(C)NC(=O)OC(C)(C)C. The summed E-state index contributed by atoms with van der Waals surface area (Å²) in [6, 6.07) is 5.25. The van der Waals surface area contributed by atoms with Gasteiger partial charge < -0.3 is 20.3 Å². The predicted octanol–water partition coefficient (Wildman–Crippen LogP) is 4.17. The van der Waals surface area contributed by atoms with Crippen LogP contribution < -0.4 is 10.6 Å². The van der Waals surface area contributed by atoms with Crippen molar-refractivity contribution in [2.45, 2.75) is 91.5 Å². The van der Waals surface area contributed by atoms with Crippen molar-refractivity contribution >= 4 is 17.9 Å². The summed E-state index contributed by atoms with van der Waals surface area (Å²) in [6.45, 7) is 14.8. The van der Waals surface area contributed by atoms with Crippen molar-refractivity contribution in [1.29, 1.82) is 0 Å². The standard InChI is InChI=1S/C26H39N3O4/c1-10-12-17-29(23(31)18(3)27-24(32)33-26(7,8)9)21(22(30)28-25(4,5)6)20-16-14-13-15-19(20)11-2/h2,13-16,18,21H,10,12,17H2,1,3-9H3,(H,27,32)(H,28,30). The van der Waals surface area contributed by atoms with E-state index in [9.17, 15) is 14.4 Å². The van der Waals surface area contributed by atoms with Crippen molar-refractivity contribution in [3.05, 3.63) is 35.4 Å². The lowest BCUT2D eigenvalue weighted by molar-refractivity contribution is -0.142. The molecule has 182 valence electrons. The van der Waals surface area contributed by atoms with E-state index in [2.05, 4.69) is 16.6 Å². The molecule has 7 nitrogen and oxygen atoms in total. The minimum atomic E-state index is -0.946. The van der Waals surface area contributed by atoms with E-state index in [0.29, 0.717) is 24.1 Å². The molecule has 0 bridgehead atoms. The van der Waals surface area contributed by atoms with Crippen LogP contribution in [-0.4, -0.2) is 46.5 Å². The van der Waals surface area contributed by atoms with Gasteiger partial charge in [-0.2, -0.15) is 0 Å². The van der Waals surface area contributed by atoms with Gasteiger partial charge in [-0.15, -0.1) is 6.42 Å². The lowest BCUT2D eigenvalue weighted by Crippen LogP contribution is -2.54. The zero-order valence-electron chi connectivity index (χ0n) is 21.2. The molecule has 7 heteroatoms. The van der Waals surface area contributed by atoms with Crippen LogP contribution in [0.5, 0.6) is 0 Å². The van der Waals surface area contributed by atoms with Crippen LogP contribution in [0.25, 0.3) is 0 Å². The summed E-state index contributed by atoms with van der Waals surface area (Å²) in [7, 11) is 0. The van der Waals surface area contributed by atoms with Gasteiger partial charge in [0.05, 0.1) is 0 Å². The predicted molar refractivity (Wildman–Crippen MR) is 130 cm³/mol. The fourth-order valence-corrected chi connectivity index (χ4v) is 3.25. The third-order valence-electron chi connectivity index (χ3n) is 4.61. The molecule has 0 saturated heterocycles. The van der Waals surface area contributed by atoms with Crippen LogP contribution in [0.15, 0.2) is 24.3 Å². The molecule has 0 fully saturated rings.